The number of benzene rings is 3. The first-order chi connectivity index (χ1) is 15.9. The van der Waals surface area contributed by atoms with Gasteiger partial charge in [-0.15, -0.1) is 0 Å². The molecule has 33 heavy (non-hydrogen) atoms. The third kappa shape index (κ3) is 6.08. The number of hydrogen-bond donors (Lipinski definition) is 2. The van der Waals surface area contributed by atoms with Crippen molar-refractivity contribution in [2.24, 2.45) is 0 Å². The number of amides is 1. The number of hydrogen-bond acceptors (Lipinski definition) is 7. The molecule has 3 aromatic rings. The number of nitrogens with one attached hydrogen (secondary N) is 1. The van der Waals surface area contributed by atoms with Crippen LogP contribution in [0.4, 0.5) is 11.4 Å². The van der Waals surface area contributed by atoms with Gasteiger partial charge in [-0.1, -0.05) is 0 Å². The number of nitriles is 1. The fraction of sp³-hybridized carbons (Fsp3) is 0.0833. The van der Waals surface area contributed by atoms with E-state index in [0.717, 1.165) is 0 Å². The second-order valence-corrected chi connectivity index (χ2v) is 6.79. The van der Waals surface area contributed by atoms with Gasteiger partial charge in [-0.25, -0.2) is 0 Å². The lowest BCUT2D eigenvalue weighted by atomic mass is 10.1. The zero-order valence-corrected chi connectivity index (χ0v) is 17.5. The van der Waals surface area contributed by atoms with Crippen LogP contribution < -0.4 is 14.8 Å². The molecule has 0 spiro atoms. The Morgan fingerprint density at radius 2 is 1.85 bits per heavy atom. The van der Waals surface area contributed by atoms with Crippen molar-refractivity contribution in [3.63, 3.8) is 0 Å². The molecule has 0 fully saturated rings. The maximum absolute atomic E-state index is 12.5. The predicted molar refractivity (Wildman–Crippen MR) is 121 cm³/mol. The number of nitro benzene ring substituents is 1. The van der Waals surface area contributed by atoms with Crippen molar-refractivity contribution in [3.05, 3.63) is 93.5 Å². The predicted octanol–water partition coefficient (Wildman–Crippen LogP) is 4.43. The number of carbonyl (C=O) groups is 1. The molecule has 0 bridgehead atoms. The van der Waals surface area contributed by atoms with Crippen molar-refractivity contribution in [2.75, 3.05) is 12.4 Å². The highest BCUT2D eigenvalue weighted by Gasteiger charge is 2.13. The van der Waals surface area contributed by atoms with Gasteiger partial charge in [-0.2, -0.15) is 5.26 Å². The Morgan fingerprint density at radius 1 is 1.15 bits per heavy atom. The van der Waals surface area contributed by atoms with Crippen molar-refractivity contribution < 1.29 is 24.3 Å². The van der Waals surface area contributed by atoms with Gasteiger partial charge in [-0.05, 0) is 60.2 Å². The van der Waals surface area contributed by atoms with E-state index in [1.165, 1.54) is 49.6 Å². The van der Waals surface area contributed by atoms with Crippen LogP contribution in [0.3, 0.4) is 0 Å². The van der Waals surface area contributed by atoms with E-state index in [0.29, 0.717) is 28.3 Å². The number of anilines is 1. The number of rotatable bonds is 8. The molecule has 0 saturated carbocycles. The fourth-order valence-corrected chi connectivity index (χ4v) is 2.81. The van der Waals surface area contributed by atoms with E-state index in [2.05, 4.69) is 5.32 Å². The number of nitrogens with zero attached hydrogens (tertiary/aromatic N) is 2. The normalized spacial score (nSPS) is 10.7. The van der Waals surface area contributed by atoms with E-state index in [-0.39, 0.29) is 23.6 Å². The van der Waals surface area contributed by atoms with Crippen LogP contribution in [0.5, 0.6) is 17.2 Å². The molecule has 0 heterocycles. The molecule has 0 unspecified atom stereocenters. The van der Waals surface area contributed by atoms with Gasteiger partial charge in [0.25, 0.3) is 11.6 Å². The topological polar surface area (TPSA) is 135 Å². The fourth-order valence-electron chi connectivity index (χ4n) is 2.81. The van der Waals surface area contributed by atoms with Crippen LogP contribution in [0.1, 0.15) is 11.1 Å². The Bertz CT molecular complexity index is 1230. The van der Waals surface area contributed by atoms with Gasteiger partial charge in [0.2, 0.25) is 0 Å². The number of aromatic hydroxyl groups is 1. The Morgan fingerprint density at radius 3 is 2.45 bits per heavy atom. The molecule has 0 aliphatic rings. The first-order valence-electron chi connectivity index (χ1n) is 9.66. The lowest BCUT2D eigenvalue weighted by Crippen LogP contribution is -2.13. The number of methoxy groups -OCH3 is 1. The van der Waals surface area contributed by atoms with E-state index in [1.54, 1.807) is 30.3 Å². The summed E-state index contributed by atoms with van der Waals surface area (Å²) in [6.07, 6.45) is 1.39. The lowest BCUT2D eigenvalue weighted by molar-refractivity contribution is -0.384. The van der Waals surface area contributed by atoms with Crippen LogP contribution >= 0.6 is 0 Å². The smallest absolute Gasteiger partial charge is 0.269 e. The molecule has 0 aromatic heterocycles. The first kappa shape index (κ1) is 22.8. The highest BCUT2D eigenvalue weighted by molar-refractivity contribution is 6.09. The van der Waals surface area contributed by atoms with Gasteiger partial charge in [-0.3, -0.25) is 14.9 Å². The van der Waals surface area contributed by atoms with Crippen LogP contribution in [-0.2, 0) is 11.4 Å². The first-order valence-corrected chi connectivity index (χ1v) is 9.66. The number of non-ortho nitro benzene ring substituents is 1. The van der Waals surface area contributed by atoms with Crippen LogP contribution in [-0.4, -0.2) is 23.0 Å². The van der Waals surface area contributed by atoms with Gasteiger partial charge in [0, 0.05) is 29.4 Å². The summed E-state index contributed by atoms with van der Waals surface area (Å²) < 4.78 is 11.1. The Labute approximate surface area is 189 Å². The van der Waals surface area contributed by atoms with Gasteiger partial charge in [0.1, 0.15) is 35.5 Å². The van der Waals surface area contributed by atoms with Crippen molar-refractivity contribution in [1.29, 1.82) is 5.26 Å². The molecule has 9 heteroatoms. The Hall–Kier alpha value is -4.84. The minimum absolute atomic E-state index is 0.0259. The molecule has 3 aromatic carbocycles. The summed E-state index contributed by atoms with van der Waals surface area (Å²) in [5, 5.41) is 32.3. The maximum atomic E-state index is 12.5. The zero-order chi connectivity index (χ0) is 23.8. The molecule has 0 aliphatic heterocycles. The molecule has 1 amide bonds. The second kappa shape index (κ2) is 10.5. The summed E-state index contributed by atoms with van der Waals surface area (Å²) >= 11 is 0. The van der Waals surface area contributed by atoms with Gasteiger partial charge < -0.3 is 19.9 Å². The van der Waals surface area contributed by atoms with Crippen molar-refractivity contribution in [3.8, 4) is 23.3 Å². The molecule has 166 valence electrons. The molecule has 9 nitrogen and oxygen atoms in total. The molecule has 3 rings (SSSR count). The maximum Gasteiger partial charge on any atom is 0.269 e. The molecule has 2 N–H and O–H groups in total. The summed E-state index contributed by atoms with van der Waals surface area (Å²) in [4.78, 5) is 22.9. The average Bonchev–Trinajstić information content (AvgIpc) is 2.83. The van der Waals surface area contributed by atoms with Crippen LogP contribution in [0.15, 0.2) is 72.3 Å². The minimum Gasteiger partial charge on any atom is -0.508 e. The zero-order valence-electron chi connectivity index (χ0n) is 17.5. The van der Waals surface area contributed by atoms with Gasteiger partial charge in [0.05, 0.1) is 12.0 Å². The standard InChI is InChI=1S/C24H19N3O6/c1-32-22-11-4-17(12-18(14-25)24(29)26-19-5-9-21(28)10-6-19)23(13-22)33-15-16-2-7-20(8-3-16)27(30)31/h2-13,28H,15H2,1H3,(H,26,29)/b18-12+. The Kier molecular flexibility index (Phi) is 7.24. The quantitative estimate of drug-likeness (QED) is 0.172. The molecule has 0 radical (unpaired) electrons. The second-order valence-electron chi connectivity index (χ2n) is 6.79. The van der Waals surface area contributed by atoms with Crippen molar-refractivity contribution in [2.45, 2.75) is 6.61 Å². The minimum atomic E-state index is -0.625. The number of phenols is 1. The Balaban J connectivity index is 1.82. The van der Waals surface area contributed by atoms with E-state index in [4.69, 9.17) is 9.47 Å². The largest absolute Gasteiger partial charge is 0.508 e. The molecule has 0 aliphatic carbocycles. The number of carbonyl (C=O) groups excluding carboxylic acids is 1. The SMILES string of the molecule is COc1ccc(/C=C(\C#N)C(=O)Nc2ccc(O)cc2)c(OCc2ccc([N+](=O)[O-])cc2)c1. The molecule has 0 atom stereocenters. The third-order valence-corrected chi connectivity index (χ3v) is 4.55. The molecular weight excluding hydrogens is 426 g/mol. The van der Waals surface area contributed by atoms with Crippen LogP contribution in [0.25, 0.3) is 6.08 Å². The average molecular weight is 445 g/mol. The van der Waals surface area contributed by atoms with Gasteiger partial charge in [0.15, 0.2) is 0 Å². The van der Waals surface area contributed by atoms with Gasteiger partial charge >= 0.3 is 0 Å². The van der Waals surface area contributed by atoms with E-state index >= 15 is 0 Å². The van der Waals surface area contributed by atoms with Crippen molar-refractivity contribution in [1.82, 2.24) is 0 Å². The highest BCUT2D eigenvalue weighted by atomic mass is 16.6. The van der Waals surface area contributed by atoms with E-state index in [9.17, 15) is 25.3 Å². The third-order valence-electron chi connectivity index (χ3n) is 4.55. The van der Waals surface area contributed by atoms with Crippen molar-refractivity contribution >= 4 is 23.4 Å². The summed E-state index contributed by atoms with van der Waals surface area (Å²) in [6, 6.07) is 18.6. The summed E-state index contributed by atoms with van der Waals surface area (Å²) in [6.45, 7) is 0.105. The number of nitro groups is 1. The molecular formula is C24H19N3O6. The number of phenolic OH excluding ortho intramolecular Hbond substituents is 1. The number of ether oxygens (including phenoxy) is 2. The summed E-state index contributed by atoms with van der Waals surface area (Å²) in [5.41, 5.74) is 1.40. The summed E-state index contributed by atoms with van der Waals surface area (Å²) in [5.74, 6) is 0.299. The highest BCUT2D eigenvalue weighted by Crippen LogP contribution is 2.28. The lowest BCUT2D eigenvalue weighted by Gasteiger charge is -2.12. The van der Waals surface area contributed by atoms with Crippen LogP contribution in [0.2, 0.25) is 0 Å². The van der Waals surface area contributed by atoms with E-state index in [1.807, 2.05) is 6.07 Å². The van der Waals surface area contributed by atoms with E-state index < -0.39 is 10.8 Å². The summed E-state index contributed by atoms with van der Waals surface area (Å²) in [7, 11) is 1.50. The van der Waals surface area contributed by atoms with Crippen LogP contribution in [0, 0.1) is 21.4 Å². The molecule has 0 saturated heterocycles. The monoisotopic (exact) mass is 445 g/mol.